The lowest BCUT2D eigenvalue weighted by molar-refractivity contribution is -0.113. The molecule has 0 fully saturated rings. The van der Waals surface area contributed by atoms with Crippen LogP contribution in [0, 0.1) is 0 Å². The number of hydrogen-bond donors (Lipinski definition) is 2. The fourth-order valence-electron chi connectivity index (χ4n) is 3.27. The summed E-state index contributed by atoms with van der Waals surface area (Å²) in [5.74, 6) is 0.952. The number of aromatic nitrogens is 3. The molecular weight excluding hydrogens is 413 g/mol. The van der Waals surface area contributed by atoms with E-state index in [-0.39, 0.29) is 5.91 Å². The van der Waals surface area contributed by atoms with Gasteiger partial charge in [0.15, 0.2) is 0 Å². The Morgan fingerprint density at radius 2 is 1.97 bits per heavy atom. The van der Waals surface area contributed by atoms with Gasteiger partial charge in [-0.1, -0.05) is 29.3 Å². The zero-order valence-corrected chi connectivity index (χ0v) is 17.1. The maximum atomic E-state index is 13.3. The Morgan fingerprint density at radius 1 is 1.21 bits per heavy atom. The number of carbonyl (C=O) groups is 1. The number of fused-ring (bicyclic) bond motifs is 1. The van der Waals surface area contributed by atoms with Crippen LogP contribution in [0.25, 0.3) is 0 Å². The molecule has 3 aromatic rings. The van der Waals surface area contributed by atoms with Gasteiger partial charge in [-0.05, 0) is 43.3 Å². The molecule has 2 N–H and O–H groups in total. The zero-order chi connectivity index (χ0) is 20.5. The smallest absolute Gasteiger partial charge is 0.255 e. The largest absolute Gasteiger partial charge is 0.497 e. The van der Waals surface area contributed by atoms with Crippen molar-refractivity contribution in [3.63, 3.8) is 0 Å². The molecule has 4 rings (SSSR count). The van der Waals surface area contributed by atoms with Crippen molar-refractivity contribution in [2.24, 2.45) is 0 Å². The molecular formula is C20H17Cl2N5O2. The first kappa shape index (κ1) is 19.3. The minimum Gasteiger partial charge on any atom is -0.497 e. The van der Waals surface area contributed by atoms with Gasteiger partial charge in [0.1, 0.15) is 18.1 Å². The number of ether oxygens (including phenoxy) is 1. The number of amides is 1. The van der Waals surface area contributed by atoms with Crippen LogP contribution in [0.3, 0.4) is 0 Å². The van der Waals surface area contributed by atoms with Gasteiger partial charge in [0.2, 0.25) is 5.95 Å². The molecule has 2 aromatic carbocycles. The van der Waals surface area contributed by atoms with Crippen molar-refractivity contribution in [3.8, 4) is 5.75 Å². The SMILES string of the molecule is COc1ccc(NC(=O)C2=C(C)Nc3ncnn3C2c2ccc(Cl)cc2Cl)cc1. The van der Waals surface area contributed by atoms with E-state index < -0.39 is 6.04 Å². The van der Waals surface area contributed by atoms with Crippen LogP contribution >= 0.6 is 23.2 Å². The predicted octanol–water partition coefficient (Wildman–Crippen LogP) is 4.52. The fourth-order valence-corrected chi connectivity index (χ4v) is 3.78. The molecule has 1 atom stereocenters. The Balaban J connectivity index is 1.75. The lowest BCUT2D eigenvalue weighted by Crippen LogP contribution is -2.31. The molecule has 2 heterocycles. The molecule has 29 heavy (non-hydrogen) atoms. The number of nitrogens with one attached hydrogen (secondary N) is 2. The van der Waals surface area contributed by atoms with E-state index in [1.807, 2.05) is 6.92 Å². The predicted molar refractivity (Wildman–Crippen MR) is 113 cm³/mol. The van der Waals surface area contributed by atoms with Gasteiger partial charge >= 0.3 is 0 Å². The Kier molecular flexibility index (Phi) is 5.17. The van der Waals surface area contributed by atoms with Crippen LogP contribution < -0.4 is 15.4 Å². The van der Waals surface area contributed by atoms with Gasteiger partial charge in [0.25, 0.3) is 5.91 Å². The number of carbonyl (C=O) groups excluding carboxylic acids is 1. The maximum absolute atomic E-state index is 13.3. The second kappa shape index (κ2) is 7.77. The van der Waals surface area contributed by atoms with Crippen LogP contribution in [0.1, 0.15) is 18.5 Å². The van der Waals surface area contributed by atoms with Crippen molar-refractivity contribution in [1.29, 1.82) is 0 Å². The van der Waals surface area contributed by atoms with Gasteiger partial charge in [0, 0.05) is 27.0 Å². The van der Waals surface area contributed by atoms with Crippen LogP contribution in [-0.2, 0) is 4.79 Å². The number of halogens is 2. The zero-order valence-electron chi connectivity index (χ0n) is 15.6. The third kappa shape index (κ3) is 3.66. The van der Waals surface area contributed by atoms with Gasteiger partial charge in [-0.15, -0.1) is 0 Å². The van der Waals surface area contributed by atoms with E-state index in [0.717, 1.165) is 0 Å². The number of methoxy groups -OCH3 is 1. The van der Waals surface area contributed by atoms with Gasteiger partial charge in [-0.3, -0.25) is 4.79 Å². The van der Waals surface area contributed by atoms with Crippen molar-refractivity contribution < 1.29 is 9.53 Å². The summed E-state index contributed by atoms with van der Waals surface area (Å²) in [7, 11) is 1.59. The van der Waals surface area contributed by atoms with Crippen molar-refractivity contribution in [3.05, 3.63) is 75.7 Å². The lowest BCUT2D eigenvalue weighted by atomic mass is 9.95. The molecule has 0 radical (unpaired) electrons. The second-order valence-corrected chi connectivity index (χ2v) is 7.29. The first-order valence-corrected chi connectivity index (χ1v) is 9.51. The molecule has 0 spiro atoms. The molecule has 7 nitrogen and oxygen atoms in total. The average Bonchev–Trinajstić information content (AvgIpc) is 3.16. The summed E-state index contributed by atoms with van der Waals surface area (Å²) in [5.41, 5.74) is 2.47. The van der Waals surface area contributed by atoms with E-state index in [9.17, 15) is 4.79 Å². The van der Waals surface area contributed by atoms with Crippen molar-refractivity contribution in [2.45, 2.75) is 13.0 Å². The van der Waals surface area contributed by atoms with Gasteiger partial charge in [-0.25, -0.2) is 4.68 Å². The monoisotopic (exact) mass is 429 g/mol. The van der Waals surface area contributed by atoms with E-state index in [0.29, 0.717) is 44.3 Å². The molecule has 1 aliphatic heterocycles. The Morgan fingerprint density at radius 3 is 2.66 bits per heavy atom. The number of rotatable bonds is 4. The van der Waals surface area contributed by atoms with Crippen LogP contribution in [0.5, 0.6) is 5.75 Å². The molecule has 1 aromatic heterocycles. The third-order valence-electron chi connectivity index (χ3n) is 4.64. The van der Waals surface area contributed by atoms with Crippen molar-refractivity contribution in [2.75, 3.05) is 17.7 Å². The van der Waals surface area contributed by atoms with Gasteiger partial charge in [-0.2, -0.15) is 10.1 Å². The standard InChI is InChI=1S/C20H17Cl2N5O2/c1-11-17(19(28)26-13-4-6-14(29-2)7-5-13)18(27-20(25-11)23-10-24-27)15-8-3-12(21)9-16(15)22/h3-10,18H,1-2H3,(H,26,28)(H,23,24,25). The van der Waals surface area contributed by atoms with Crippen molar-refractivity contribution in [1.82, 2.24) is 14.8 Å². The van der Waals surface area contributed by atoms with Crippen LogP contribution in [0.2, 0.25) is 10.0 Å². The molecule has 1 unspecified atom stereocenters. The minimum atomic E-state index is -0.559. The van der Waals surface area contributed by atoms with Crippen molar-refractivity contribution >= 4 is 40.7 Å². The topological polar surface area (TPSA) is 81.1 Å². The molecule has 0 aliphatic carbocycles. The molecule has 1 aliphatic rings. The molecule has 0 saturated heterocycles. The number of nitrogens with zero attached hydrogens (tertiary/aromatic N) is 3. The first-order chi connectivity index (χ1) is 14.0. The summed E-state index contributed by atoms with van der Waals surface area (Å²) >= 11 is 12.5. The minimum absolute atomic E-state index is 0.280. The Hall–Kier alpha value is -3.03. The Bertz CT molecular complexity index is 1110. The average molecular weight is 430 g/mol. The molecule has 0 saturated carbocycles. The summed E-state index contributed by atoms with van der Waals surface area (Å²) in [6.45, 7) is 1.82. The number of anilines is 2. The highest BCUT2D eigenvalue weighted by Crippen LogP contribution is 2.38. The maximum Gasteiger partial charge on any atom is 0.255 e. The number of allylic oxidation sites excluding steroid dienone is 1. The van der Waals surface area contributed by atoms with Crippen LogP contribution in [-0.4, -0.2) is 27.8 Å². The summed E-state index contributed by atoms with van der Waals surface area (Å²) < 4.78 is 6.79. The summed E-state index contributed by atoms with van der Waals surface area (Å²) in [5, 5.41) is 11.3. The van der Waals surface area contributed by atoms with E-state index in [4.69, 9.17) is 27.9 Å². The van der Waals surface area contributed by atoms with Gasteiger partial charge in [0.05, 0.1) is 12.7 Å². The van der Waals surface area contributed by atoms with Gasteiger partial charge < -0.3 is 15.4 Å². The van der Waals surface area contributed by atoms with E-state index >= 15 is 0 Å². The normalized spacial score (nSPS) is 15.5. The van der Waals surface area contributed by atoms with E-state index in [2.05, 4.69) is 20.7 Å². The molecule has 9 heteroatoms. The van der Waals surface area contributed by atoms with E-state index in [1.165, 1.54) is 6.33 Å². The highest BCUT2D eigenvalue weighted by molar-refractivity contribution is 6.35. The number of benzene rings is 2. The molecule has 1 amide bonds. The molecule has 0 bridgehead atoms. The highest BCUT2D eigenvalue weighted by Gasteiger charge is 2.34. The summed E-state index contributed by atoms with van der Waals surface area (Å²) in [6.07, 6.45) is 1.43. The highest BCUT2D eigenvalue weighted by atomic mass is 35.5. The summed E-state index contributed by atoms with van der Waals surface area (Å²) in [4.78, 5) is 17.5. The van der Waals surface area contributed by atoms with Crippen LogP contribution in [0.15, 0.2) is 60.1 Å². The van der Waals surface area contributed by atoms with Crippen LogP contribution in [0.4, 0.5) is 11.6 Å². The Labute approximate surface area is 177 Å². The van der Waals surface area contributed by atoms with E-state index in [1.54, 1.807) is 54.3 Å². The second-order valence-electron chi connectivity index (χ2n) is 6.44. The number of hydrogen-bond acceptors (Lipinski definition) is 5. The first-order valence-electron chi connectivity index (χ1n) is 8.75. The quantitative estimate of drug-likeness (QED) is 0.636. The molecule has 148 valence electrons. The fraction of sp³-hybridized carbons (Fsp3) is 0.150. The summed E-state index contributed by atoms with van der Waals surface area (Å²) in [6, 6.07) is 11.7. The lowest BCUT2D eigenvalue weighted by Gasteiger charge is -2.29. The third-order valence-corrected chi connectivity index (χ3v) is 5.21.